The van der Waals surface area contributed by atoms with Crippen LogP contribution in [0.3, 0.4) is 0 Å². The summed E-state index contributed by atoms with van der Waals surface area (Å²) in [4.78, 5) is 1.42. The number of rotatable bonds is 5. The van der Waals surface area contributed by atoms with Crippen molar-refractivity contribution in [2.45, 2.75) is 31.0 Å². The van der Waals surface area contributed by atoms with Gasteiger partial charge in [0.05, 0.1) is 16.8 Å². The van der Waals surface area contributed by atoms with Crippen molar-refractivity contribution >= 4 is 27.3 Å². The lowest BCUT2D eigenvalue weighted by Gasteiger charge is -2.13. The Bertz CT molecular complexity index is 518. The molecule has 1 aromatic heterocycles. The van der Waals surface area contributed by atoms with Gasteiger partial charge in [-0.1, -0.05) is 54.0 Å². The lowest BCUT2D eigenvalue weighted by molar-refractivity contribution is 0.413. The number of halogens is 1. The average Bonchev–Trinajstić information content (AvgIpc) is 2.94. The van der Waals surface area contributed by atoms with Crippen LogP contribution in [0.15, 0.2) is 35.7 Å². The standard InChI is InChI=1S/C16H19BrOS/c1-4-11(2)12-5-7-13(8-6-12)15(17)16-14(18-3)9-10-19-16/h5-11,15H,4H2,1-3H3. The molecule has 0 spiro atoms. The molecule has 0 amide bonds. The molecule has 0 aliphatic rings. The molecule has 0 radical (unpaired) electrons. The summed E-state index contributed by atoms with van der Waals surface area (Å²) in [5.74, 6) is 1.58. The Balaban J connectivity index is 2.22. The first-order valence-corrected chi connectivity index (χ1v) is 8.32. The third-order valence-corrected chi connectivity index (χ3v) is 5.77. The molecule has 2 rings (SSSR count). The Morgan fingerprint density at radius 2 is 1.79 bits per heavy atom. The second-order valence-electron chi connectivity index (χ2n) is 4.69. The van der Waals surface area contributed by atoms with Gasteiger partial charge in [0.1, 0.15) is 5.75 Å². The monoisotopic (exact) mass is 338 g/mol. The Labute approximate surface area is 127 Å². The molecule has 3 heteroatoms. The van der Waals surface area contributed by atoms with Crippen molar-refractivity contribution in [3.05, 3.63) is 51.7 Å². The normalized spacial score (nSPS) is 14.1. The van der Waals surface area contributed by atoms with Crippen molar-refractivity contribution in [1.82, 2.24) is 0 Å². The number of alkyl halides is 1. The predicted molar refractivity (Wildman–Crippen MR) is 86.8 cm³/mol. The fourth-order valence-electron chi connectivity index (χ4n) is 2.04. The van der Waals surface area contributed by atoms with Gasteiger partial charge in [0.2, 0.25) is 0 Å². The van der Waals surface area contributed by atoms with E-state index in [-0.39, 0.29) is 4.83 Å². The SMILES string of the molecule is CCC(C)c1ccc(C(Br)c2sccc2OC)cc1. The van der Waals surface area contributed by atoms with Crippen LogP contribution in [0.1, 0.15) is 47.0 Å². The van der Waals surface area contributed by atoms with Crippen LogP contribution in [-0.2, 0) is 0 Å². The summed E-state index contributed by atoms with van der Waals surface area (Å²) in [5, 5.41) is 2.07. The molecule has 1 heterocycles. The lowest BCUT2D eigenvalue weighted by Crippen LogP contribution is -1.95. The number of methoxy groups -OCH3 is 1. The molecule has 2 unspecified atom stereocenters. The van der Waals surface area contributed by atoms with E-state index in [0.29, 0.717) is 5.92 Å². The number of hydrogen-bond donors (Lipinski definition) is 0. The zero-order valence-electron chi connectivity index (χ0n) is 11.5. The number of thiophene rings is 1. The Hall–Kier alpha value is -0.800. The van der Waals surface area contributed by atoms with E-state index in [1.165, 1.54) is 22.4 Å². The quantitative estimate of drug-likeness (QED) is 0.630. The largest absolute Gasteiger partial charge is 0.496 e. The van der Waals surface area contributed by atoms with E-state index in [1.54, 1.807) is 18.4 Å². The van der Waals surface area contributed by atoms with Crippen LogP contribution in [0.25, 0.3) is 0 Å². The number of hydrogen-bond acceptors (Lipinski definition) is 2. The van der Waals surface area contributed by atoms with Crippen LogP contribution < -0.4 is 4.74 Å². The van der Waals surface area contributed by atoms with Crippen LogP contribution in [0.5, 0.6) is 5.75 Å². The van der Waals surface area contributed by atoms with Gasteiger partial charge in [-0.25, -0.2) is 0 Å². The van der Waals surface area contributed by atoms with Crippen LogP contribution >= 0.6 is 27.3 Å². The molecule has 0 bridgehead atoms. The average molecular weight is 339 g/mol. The molecular formula is C16H19BrOS. The Morgan fingerprint density at radius 3 is 2.37 bits per heavy atom. The fraction of sp³-hybridized carbons (Fsp3) is 0.375. The van der Waals surface area contributed by atoms with E-state index in [4.69, 9.17) is 4.74 Å². The van der Waals surface area contributed by atoms with Crippen LogP contribution in [-0.4, -0.2) is 7.11 Å². The summed E-state index contributed by atoms with van der Waals surface area (Å²) in [5.41, 5.74) is 2.68. The van der Waals surface area contributed by atoms with E-state index in [9.17, 15) is 0 Å². The molecule has 19 heavy (non-hydrogen) atoms. The number of ether oxygens (including phenoxy) is 1. The highest BCUT2D eigenvalue weighted by Gasteiger charge is 2.16. The van der Waals surface area contributed by atoms with Gasteiger partial charge in [0, 0.05) is 0 Å². The van der Waals surface area contributed by atoms with Crippen LogP contribution in [0.2, 0.25) is 0 Å². The summed E-state index contributed by atoms with van der Waals surface area (Å²) in [6.07, 6.45) is 1.18. The molecule has 0 aliphatic carbocycles. The van der Waals surface area contributed by atoms with Crippen molar-refractivity contribution in [3.63, 3.8) is 0 Å². The summed E-state index contributed by atoms with van der Waals surface area (Å²) >= 11 is 5.49. The smallest absolute Gasteiger partial charge is 0.134 e. The minimum absolute atomic E-state index is 0.202. The molecule has 1 aromatic carbocycles. The fourth-order valence-corrected chi connectivity index (χ4v) is 3.76. The van der Waals surface area contributed by atoms with E-state index in [1.807, 2.05) is 6.07 Å². The van der Waals surface area contributed by atoms with Gasteiger partial charge in [-0.15, -0.1) is 11.3 Å². The third-order valence-electron chi connectivity index (χ3n) is 3.52. The molecule has 2 atom stereocenters. The lowest BCUT2D eigenvalue weighted by atomic mass is 9.97. The predicted octanol–water partition coefficient (Wildman–Crippen LogP) is 5.75. The molecular weight excluding hydrogens is 320 g/mol. The van der Waals surface area contributed by atoms with Crippen molar-refractivity contribution in [1.29, 1.82) is 0 Å². The van der Waals surface area contributed by atoms with Gasteiger partial charge >= 0.3 is 0 Å². The zero-order chi connectivity index (χ0) is 13.8. The summed E-state index contributed by atoms with van der Waals surface area (Å²) in [6.45, 7) is 4.49. The van der Waals surface area contributed by atoms with Gasteiger partial charge in [-0.3, -0.25) is 0 Å². The highest BCUT2D eigenvalue weighted by molar-refractivity contribution is 9.09. The molecule has 0 saturated carbocycles. The van der Waals surface area contributed by atoms with Gasteiger partial charge < -0.3 is 4.74 Å². The maximum absolute atomic E-state index is 5.39. The molecule has 0 N–H and O–H groups in total. The second kappa shape index (κ2) is 6.58. The molecule has 0 fully saturated rings. The second-order valence-corrected chi connectivity index (χ2v) is 6.56. The summed E-state index contributed by atoms with van der Waals surface area (Å²) in [6, 6.07) is 10.9. The number of benzene rings is 1. The Kier molecular flexibility index (Phi) is 5.06. The molecule has 0 aliphatic heterocycles. The summed E-state index contributed by atoms with van der Waals surface area (Å²) in [7, 11) is 1.72. The van der Waals surface area contributed by atoms with Gasteiger partial charge in [-0.2, -0.15) is 0 Å². The first kappa shape index (κ1) is 14.6. The van der Waals surface area contributed by atoms with E-state index >= 15 is 0 Å². The first-order valence-electron chi connectivity index (χ1n) is 6.52. The topological polar surface area (TPSA) is 9.23 Å². The minimum Gasteiger partial charge on any atom is -0.496 e. The van der Waals surface area contributed by atoms with Crippen LogP contribution in [0.4, 0.5) is 0 Å². The van der Waals surface area contributed by atoms with E-state index in [0.717, 1.165) is 5.75 Å². The molecule has 1 nitrogen and oxygen atoms in total. The third kappa shape index (κ3) is 3.21. The van der Waals surface area contributed by atoms with Crippen molar-refractivity contribution in [2.75, 3.05) is 7.11 Å². The van der Waals surface area contributed by atoms with Gasteiger partial charge in [0.25, 0.3) is 0 Å². The highest BCUT2D eigenvalue weighted by atomic mass is 79.9. The van der Waals surface area contributed by atoms with Gasteiger partial charge in [-0.05, 0) is 34.9 Å². The molecule has 2 aromatic rings. The highest BCUT2D eigenvalue weighted by Crippen LogP contribution is 2.40. The van der Waals surface area contributed by atoms with Crippen molar-refractivity contribution in [3.8, 4) is 5.75 Å². The van der Waals surface area contributed by atoms with Crippen molar-refractivity contribution in [2.24, 2.45) is 0 Å². The minimum atomic E-state index is 0.202. The first-order chi connectivity index (χ1) is 9.17. The Morgan fingerprint density at radius 1 is 1.16 bits per heavy atom. The summed E-state index contributed by atoms with van der Waals surface area (Å²) < 4.78 is 5.39. The van der Waals surface area contributed by atoms with E-state index < -0.39 is 0 Å². The maximum atomic E-state index is 5.39. The van der Waals surface area contributed by atoms with Crippen molar-refractivity contribution < 1.29 is 4.74 Å². The van der Waals surface area contributed by atoms with Gasteiger partial charge in [0.15, 0.2) is 0 Å². The molecule has 102 valence electrons. The van der Waals surface area contributed by atoms with E-state index in [2.05, 4.69) is 59.4 Å². The molecule has 0 saturated heterocycles. The van der Waals surface area contributed by atoms with Crippen LogP contribution in [0, 0.1) is 0 Å². The zero-order valence-corrected chi connectivity index (χ0v) is 13.9. The maximum Gasteiger partial charge on any atom is 0.134 e.